The van der Waals surface area contributed by atoms with Crippen molar-refractivity contribution < 1.29 is 27.5 Å². The van der Waals surface area contributed by atoms with Crippen molar-refractivity contribution in [2.24, 2.45) is 0 Å². The number of carbonyl (C=O) groups is 1. The van der Waals surface area contributed by atoms with Crippen LogP contribution in [0.25, 0.3) is 11.0 Å². The highest BCUT2D eigenvalue weighted by molar-refractivity contribution is 7.92. The van der Waals surface area contributed by atoms with Crippen molar-refractivity contribution in [3.05, 3.63) is 64.0 Å². The van der Waals surface area contributed by atoms with E-state index in [9.17, 15) is 18.0 Å². The van der Waals surface area contributed by atoms with Gasteiger partial charge in [-0.15, -0.1) is 0 Å². The van der Waals surface area contributed by atoms with Gasteiger partial charge in [0.2, 0.25) is 0 Å². The molecule has 10 heteroatoms. The Balaban J connectivity index is 1.86. The minimum absolute atomic E-state index is 0.0422. The molecule has 8 nitrogen and oxygen atoms in total. The van der Waals surface area contributed by atoms with E-state index in [2.05, 4.69) is 4.72 Å². The normalized spacial score (nSPS) is 11.3. The first-order valence-electron chi connectivity index (χ1n) is 7.45. The van der Waals surface area contributed by atoms with Crippen molar-refractivity contribution >= 4 is 44.3 Å². The van der Waals surface area contributed by atoms with Crippen LogP contribution in [0.1, 0.15) is 0 Å². The number of anilines is 1. The monoisotopic (exact) mass is 409 g/mol. The standard InChI is InChI=1S/C17H12ClNO7S/c18-13-8-12(3-5-15(13)25-9-16(20)21)27(23,24)19-11-2-4-14-10(7-11)1-6-17(22)26-14/h1-8,19H,9H2,(H,20,21). The summed E-state index contributed by atoms with van der Waals surface area (Å²) in [6, 6.07) is 10.9. The lowest BCUT2D eigenvalue weighted by molar-refractivity contribution is -0.139. The molecule has 0 radical (unpaired) electrons. The second-order valence-corrected chi connectivity index (χ2v) is 7.48. The largest absolute Gasteiger partial charge is 0.480 e. The van der Waals surface area contributed by atoms with E-state index in [0.29, 0.717) is 11.0 Å². The summed E-state index contributed by atoms with van der Waals surface area (Å²) in [5.74, 6) is -1.13. The Kier molecular flexibility index (Phi) is 5.06. The summed E-state index contributed by atoms with van der Waals surface area (Å²) >= 11 is 5.96. The SMILES string of the molecule is O=C(O)COc1ccc(S(=O)(=O)Nc2ccc3oc(=O)ccc3c2)cc1Cl. The molecule has 3 aromatic rings. The smallest absolute Gasteiger partial charge is 0.341 e. The predicted molar refractivity (Wildman–Crippen MR) is 97.9 cm³/mol. The van der Waals surface area contributed by atoms with Gasteiger partial charge < -0.3 is 14.3 Å². The van der Waals surface area contributed by atoms with Crippen LogP contribution in [-0.4, -0.2) is 26.1 Å². The van der Waals surface area contributed by atoms with Crippen molar-refractivity contribution in [3.8, 4) is 5.75 Å². The van der Waals surface area contributed by atoms with Gasteiger partial charge >= 0.3 is 11.6 Å². The number of sulfonamides is 1. The number of fused-ring (bicyclic) bond motifs is 1. The average Bonchev–Trinajstić information content (AvgIpc) is 2.60. The third kappa shape index (κ3) is 4.39. The van der Waals surface area contributed by atoms with Crippen LogP contribution < -0.4 is 15.1 Å². The summed E-state index contributed by atoms with van der Waals surface area (Å²) in [6.45, 7) is -0.600. The van der Waals surface area contributed by atoms with Gasteiger partial charge in [-0.1, -0.05) is 11.6 Å². The maximum absolute atomic E-state index is 12.5. The lowest BCUT2D eigenvalue weighted by atomic mass is 10.2. The molecule has 0 atom stereocenters. The molecular weight excluding hydrogens is 398 g/mol. The Hall–Kier alpha value is -3.04. The summed E-state index contributed by atoms with van der Waals surface area (Å²) in [5, 5.41) is 9.11. The van der Waals surface area contributed by atoms with E-state index in [-0.39, 0.29) is 21.4 Å². The predicted octanol–water partition coefficient (Wildman–Crippen LogP) is 2.71. The molecule has 0 aliphatic carbocycles. The minimum atomic E-state index is -3.96. The van der Waals surface area contributed by atoms with Gasteiger partial charge in [0.25, 0.3) is 10.0 Å². The zero-order chi connectivity index (χ0) is 19.6. The van der Waals surface area contributed by atoms with E-state index < -0.39 is 28.2 Å². The highest BCUT2D eigenvalue weighted by Gasteiger charge is 2.17. The molecule has 0 aliphatic rings. The Morgan fingerprint density at radius 3 is 2.63 bits per heavy atom. The molecule has 0 fully saturated rings. The van der Waals surface area contributed by atoms with Crippen molar-refractivity contribution in [1.29, 1.82) is 0 Å². The van der Waals surface area contributed by atoms with Crippen molar-refractivity contribution in [1.82, 2.24) is 0 Å². The van der Waals surface area contributed by atoms with E-state index >= 15 is 0 Å². The van der Waals surface area contributed by atoms with E-state index in [1.807, 2.05) is 0 Å². The number of aliphatic carboxylic acids is 1. The van der Waals surface area contributed by atoms with Crippen LogP contribution in [0, 0.1) is 0 Å². The van der Waals surface area contributed by atoms with Crippen LogP contribution in [0.4, 0.5) is 5.69 Å². The summed E-state index contributed by atoms with van der Waals surface area (Å²) in [7, 11) is -3.96. The number of carboxylic acid groups (broad SMARTS) is 1. The van der Waals surface area contributed by atoms with Crippen molar-refractivity contribution in [2.45, 2.75) is 4.90 Å². The lowest BCUT2D eigenvalue weighted by Crippen LogP contribution is -2.13. The fourth-order valence-corrected chi connectivity index (χ4v) is 3.63. The number of halogens is 1. The fraction of sp³-hybridized carbons (Fsp3) is 0.0588. The zero-order valence-electron chi connectivity index (χ0n) is 13.5. The molecule has 0 amide bonds. The van der Waals surface area contributed by atoms with E-state index in [4.69, 9.17) is 25.9 Å². The molecule has 0 saturated heterocycles. The third-order valence-electron chi connectivity index (χ3n) is 3.44. The Morgan fingerprint density at radius 1 is 1.15 bits per heavy atom. The molecule has 1 heterocycles. The van der Waals surface area contributed by atoms with Gasteiger partial charge in [-0.3, -0.25) is 4.72 Å². The Bertz CT molecular complexity index is 1190. The Morgan fingerprint density at radius 2 is 1.93 bits per heavy atom. The highest BCUT2D eigenvalue weighted by atomic mass is 35.5. The van der Waals surface area contributed by atoms with E-state index in [1.165, 1.54) is 42.5 Å². The van der Waals surface area contributed by atoms with Crippen LogP contribution >= 0.6 is 11.6 Å². The van der Waals surface area contributed by atoms with Crippen LogP contribution in [0.3, 0.4) is 0 Å². The van der Waals surface area contributed by atoms with Gasteiger partial charge in [0, 0.05) is 17.1 Å². The summed E-state index contributed by atoms with van der Waals surface area (Å²) in [5.41, 5.74) is 0.0859. The number of ether oxygens (including phenoxy) is 1. The molecule has 2 N–H and O–H groups in total. The van der Waals surface area contributed by atoms with Crippen LogP contribution in [0.2, 0.25) is 5.02 Å². The average molecular weight is 410 g/mol. The van der Waals surface area contributed by atoms with Crippen LogP contribution in [0.5, 0.6) is 5.75 Å². The quantitative estimate of drug-likeness (QED) is 0.600. The zero-order valence-corrected chi connectivity index (χ0v) is 15.1. The fourth-order valence-electron chi connectivity index (χ4n) is 2.25. The minimum Gasteiger partial charge on any atom is -0.480 e. The van der Waals surface area contributed by atoms with Gasteiger partial charge in [0.1, 0.15) is 11.3 Å². The number of rotatable bonds is 6. The number of hydrogen-bond donors (Lipinski definition) is 2. The first-order valence-corrected chi connectivity index (χ1v) is 9.31. The number of nitrogens with one attached hydrogen (secondary N) is 1. The molecule has 27 heavy (non-hydrogen) atoms. The van der Waals surface area contributed by atoms with Crippen molar-refractivity contribution in [3.63, 3.8) is 0 Å². The van der Waals surface area contributed by atoms with Gasteiger partial charge in [0.05, 0.1) is 9.92 Å². The number of benzene rings is 2. The van der Waals surface area contributed by atoms with E-state index in [1.54, 1.807) is 0 Å². The molecule has 3 rings (SSSR count). The second-order valence-electron chi connectivity index (χ2n) is 5.39. The lowest BCUT2D eigenvalue weighted by Gasteiger charge is -2.11. The first-order chi connectivity index (χ1) is 12.7. The third-order valence-corrected chi connectivity index (χ3v) is 5.11. The maximum Gasteiger partial charge on any atom is 0.341 e. The molecule has 0 bridgehead atoms. The topological polar surface area (TPSA) is 123 Å². The molecule has 0 unspecified atom stereocenters. The molecule has 0 aliphatic heterocycles. The van der Waals surface area contributed by atoms with Crippen LogP contribution in [-0.2, 0) is 14.8 Å². The Labute approximate surface area is 158 Å². The first kappa shape index (κ1) is 18.7. The molecule has 2 aromatic carbocycles. The van der Waals surface area contributed by atoms with Gasteiger partial charge in [-0.05, 0) is 42.5 Å². The number of hydrogen-bond acceptors (Lipinski definition) is 6. The maximum atomic E-state index is 12.5. The summed E-state index contributed by atoms with van der Waals surface area (Å²) < 4.78 is 37.4. The van der Waals surface area contributed by atoms with Gasteiger partial charge in [-0.2, -0.15) is 0 Å². The summed E-state index contributed by atoms with van der Waals surface area (Å²) in [4.78, 5) is 21.6. The molecular formula is C17H12ClNO7S. The van der Waals surface area contributed by atoms with Crippen LogP contribution in [0.15, 0.2) is 62.6 Å². The highest BCUT2D eigenvalue weighted by Crippen LogP contribution is 2.28. The summed E-state index contributed by atoms with van der Waals surface area (Å²) in [6.07, 6.45) is 0. The van der Waals surface area contributed by atoms with E-state index in [0.717, 1.165) is 6.07 Å². The number of carboxylic acids is 1. The van der Waals surface area contributed by atoms with Crippen molar-refractivity contribution in [2.75, 3.05) is 11.3 Å². The second kappa shape index (κ2) is 7.29. The van der Waals surface area contributed by atoms with Gasteiger partial charge in [-0.25, -0.2) is 18.0 Å². The molecule has 0 saturated carbocycles. The van der Waals surface area contributed by atoms with Gasteiger partial charge in [0.15, 0.2) is 6.61 Å². The molecule has 1 aromatic heterocycles. The molecule has 140 valence electrons. The molecule has 0 spiro atoms.